The number of hydrogen-bond acceptors (Lipinski definition) is 3. The van der Waals surface area contributed by atoms with Crippen LogP contribution in [0.3, 0.4) is 0 Å². The summed E-state index contributed by atoms with van der Waals surface area (Å²) in [6.45, 7) is 0.776. The zero-order valence-electron chi connectivity index (χ0n) is 11.1. The summed E-state index contributed by atoms with van der Waals surface area (Å²) in [4.78, 5) is 4.79. The lowest BCUT2D eigenvalue weighted by atomic mass is 9.86. The SMILES string of the molecule is NC1CCC(c2nc3ccccc3n2CCO)CC1. The van der Waals surface area contributed by atoms with Crippen LogP contribution in [0.1, 0.15) is 37.4 Å². The molecule has 0 saturated heterocycles. The molecule has 0 unspecified atom stereocenters. The molecule has 0 amide bonds. The number of rotatable bonds is 3. The van der Waals surface area contributed by atoms with Crippen molar-refractivity contribution in [3.05, 3.63) is 30.1 Å². The van der Waals surface area contributed by atoms with Crippen molar-refractivity contribution in [1.82, 2.24) is 9.55 Å². The molecule has 1 fully saturated rings. The van der Waals surface area contributed by atoms with Crippen LogP contribution in [-0.4, -0.2) is 27.3 Å². The van der Waals surface area contributed by atoms with Gasteiger partial charge in [-0.3, -0.25) is 0 Å². The Labute approximate surface area is 113 Å². The van der Waals surface area contributed by atoms with Gasteiger partial charge >= 0.3 is 0 Å². The fraction of sp³-hybridized carbons (Fsp3) is 0.533. The van der Waals surface area contributed by atoms with Gasteiger partial charge < -0.3 is 15.4 Å². The van der Waals surface area contributed by atoms with Gasteiger partial charge in [0.2, 0.25) is 0 Å². The second-order valence-electron chi connectivity index (χ2n) is 5.45. The van der Waals surface area contributed by atoms with E-state index in [1.807, 2.05) is 18.2 Å². The van der Waals surface area contributed by atoms with Crippen molar-refractivity contribution in [1.29, 1.82) is 0 Å². The average Bonchev–Trinajstić information content (AvgIpc) is 2.79. The third-order valence-electron chi connectivity index (χ3n) is 4.14. The lowest BCUT2D eigenvalue weighted by molar-refractivity contribution is 0.272. The van der Waals surface area contributed by atoms with Crippen molar-refractivity contribution < 1.29 is 5.11 Å². The maximum Gasteiger partial charge on any atom is 0.113 e. The Kier molecular flexibility index (Phi) is 3.53. The molecule has 0 radical (unpaired) electrons. The van der Waals surface area contributed by atoms with E-state index in [4.69, 9.17) is 10.7 Å². The summed E-state index contributed by atoms with van der Waals surface area (Å²) < 4.78 is 2.18. The highest BCUT2D eigenvalue weighted by molar-refractivity contribution is 5.76. The van der Waals surface area contributed by atoms with Crippen molar-refractivity contribution in [2.24, 2.45) is 5.73 Å². The number of nitrogens with zero attached hydrogens (tertiary/aromatic N) is 2. The van der Waals surface area contributed by atoms with Gasteiger partial charge in [0, 0.05) is 18.5 Å². The summed E-state index contributed by atoms with van der Waals surface area (Å²) in [5, 5.41) is 9.29. The van der Waals surface area contributed by atoms with Crippen molar-refractivity contribution in [3.63, 3.8) is 0 Å². The largest absolute Gasteiger partial charge is 0.395 e. The lowest BCUT2D eigenvalue weighted by Gasteiger charge is -2.26. The Morgan fingerprint density at radius 2 is 1.95 bits per heavy atom. The fourth-order valence-electron chi connectivity index (χ4n) is 3.12. The van der Waals surface area contributed by atoms with Crippen molar-refractivity contribution >= 4 is 11.0 Å². The summed E-state index contributed by atoms with van der Waals surface area (Å²) in [5.41, 5.74) is 8.13. The topological polar surface area (TPSA) is 64.1 Å². The Morgan fingerprint density at radius 3 is 2.68 bits per heavy atom. The van der Waals surface area contributed by atoms with E-state index in [9.17, 15) is 5.11 Å². The molecule has 0 aliphatic heterocycles. The van der Waals surface area contributed by atoms with E-state index in [2.05, 4.69) is 10.6 Å². The molecule has 4 nitrogen and oxygen atoms in total. The van der Waals surface area contributed by atoms with Gasteiger partial charge in [0.25, 0.3) is 0 Å². The van der Waals surface area contributed by atoms with Crippen LogP contribution in [0, 0.1) is 0 Å². The molecule has 3 N–H and O–H groups in total. The molecule has 2 aromatic rings. The van der Waals surface area contributed by atoms with E-state index < -0.39 is 0 Å². The van der Waals surface area contributed by atoms with E-state index in [0.29, 0.717) is 18.5 Å². The van der Waals surface area contributed by atoms with Gasteiger partial charge in [-0.25, -0.2) is 4.98 Å². The van der Waals surface area contributed by atoms with Crippen LogP contribution in [0.4, 0.5) is 0 Å². The maximum atomic E-state index is 9.29. The van der Waals surface area contributed by atoms with E-state index in [1.165, 1.54) is 0 Å². The van der Waals surface area contributed by atoms with Gasteiger partial charge in [-0.1, -0.05) is 12.1 Å². The quantitative estimate of drug-likeness (QED) is 0.886. The van der Waals surface area contributed by atoms with Gasteiger partial charge in [-0.2, -0.15) is 0 Å². The number of aliphatic hydroxyl groups excluding tert-OH is 1. The van der Waals surface area contributed by atoms with Crippen LogP contribution in [0.15, 0.2) is 24.3 Å². The normalized spacial score (nSPS) is 23.9. The minimum absolute atomic E-state index is 0.152. The van der Waals surface area contributed by atoms with Crippen LogP contribution in [-0.2, 0) is 6.54 Å². The molecule has 0 spiro atoms. The minimum atomic E-state index is 0.152. The van der Waals surface area contributed by atoms with Gasteiger partial charge in [0.15, 0.2) is 0 Å². The third-order valence-corrected chi connectivity index (χ3v) is 4.14. The highest BCUT2D eigenvalue weighted by Gasteiger charge is 2.24. The molecule has 1 aliphatic rings. The monoisotopic (exact) mass is 259 g/mol. The molecule has 0 bridgehead atoms. The molecule has 1 heterocycles. The second-order valence-corrected chi connectivity index (χ2v) is 5.45. The Hall–Kier alpha value is -1.39. The maximum absolute atomic E-state index is 9.29. The number of aliphatic hydroxyl groups is 1. The molecule has 3 rings (SSSR count). The number of aromatic nitrogens is 2. The molecule has 19 heavy (non-hydrogen) atoms. The fourth-order valence-corrected chi connectivity index (χ4v) is 3.12. The zero-order valence-corrected chi connectivity index (χ0v) is 11.1. The zero-order chi connectivity index (χ0) is 13.2. The second kappa shape index (κ2) is 5.31. The van der Waals surface area contributed by atoms with Crippen molar-refractivity contribution in [2.75, 3.05) is 6.61 Å². The number of fused-ring (bicyclic) bond motifs is 1. The average molecular weight is 259 g/mol. The van der Waals surface area contributed by atoms with E-state index >= 15 is 0 Å². The van der Waals surface area contributed by atoms with Crippen LogP contribution < -0.4 is 5.73 Å². The first-order valence-electron chi connectivity index (χ1n) is 7.11. The molecule has 102 valence electrons. The van der Waals surface area contributed by atoms with E-state index in [1.54, 1.807) is 0 Å². The smallest absolute Gasteiger partial charge is 0.113 e. The summed E-state index contributed by atoms with van der Waals surface area (Å²) in [7, 11) is 0. The van der Waals surface area contributed by atoms with Crippen molar-refractivity contribution in [2.45, 2.75) is 44.2 Å². The first-order chi connectivity index (χ1) is 9.29. The predicted octanol–water partition coefficient (Wildman–Crippen LogP) is 2.01. The summed E-state index contributed by atoms with van der Waals surface area (Å²) in [5.74, 6) is 1.61. The number of benzene rings is 1. The summed E-state index contributed by atoms with van der Waals surface area (Å²) in [6, 6.07) is 8.52. The first kappa shape index (κ1) is 12.6. The highest BCUT2D eigenvalue weighted by Crippen LogP contribution is 2.33. The summed E-state index contributed by atoms with van der Waals surface area (Å²) in [6.07, 6.45) is 4.37. The predicted molar refractivity (Wildman–Crippen MR) is 76.0 cm³/mol. The number of nitrogens with two attached hydrogens (primary N) is 1. The van der Waals surface area contributed by atoms with Gasteiger partial charge in [0.1, 0.15) is 5.82 Å². The Bertz CT molecular complexity index is 556. The van der Waals surface area contributed by atoms with Crippen LogP contribution >= 0.6 is 0 Å². The molecule has 1 saturated carbocycles. The number of hydrogen-bond donors (Lipinski definition) is 2. The Balaban J connectivity index is 1.99. The first-order valence-corrected chi connectivity index (χ1v) is 7.11. The molecule has 1 aromatic carbocycles. The molecule has 1 aromatic heterocycles. The molecule has 0 atom stereocenters. The van der Waals surface area contributed by atoms with E-state index in [0.717, 1.165) is 42.5 Å². The van der Waals surface area contributed by atoms with Crippen molar-refractivity contribution in [3.8, 4) is 0 Å². The number of imidazole rings is 1. The molecule has 1 aliphatic carbocycles. The van der Waals surface area contributed by atoms with Crippen LogP contribution in [0.25, 0.3) is 11.0 Å². The third kappa shape index (κ3) is 2.38. The standard InChI is InChI=1S/C15H21N3O/c16-12-7-5-11(6-8-12)15-17-13-3-1-2-4-14(13)18(15)9-10-19/h1-4,11-12,19H,5-10,16H2. The molecular formula is C15H21N3O. The Morgan fingerprint density at radius 1 is 1.21 bits per heavy atom. The van der Waals surface area contributed by atoms with E-state index in [-0.39, 0.29) is 6.61 Å². The van der Waals surface area contributed by atoms with Gasteiger partial charge in [-0.05, 0) is 37.8 Å². The van der Waals surface area contributed by atoms with Gasteiger partial charge in [0.05, 0.1) is 17.6 Å². The summed E-state index contributed by atoms with van der Waals surface area (Å²) >= 11 is 0. The molecule has 4 heteroatoms. The number of para-hydroxylation sites is 2. The lowest BCUT2D eigenvalue weighted by Crippen LogP contribution is -2.27. The minimum Gasteiger partial charge on any atom is -0.395 e. The van der Waals surface area contributed by atoms with Crippen LogP contribution in [0.2, 0.25) is 0 Å². The molecular weight excluding hydrogens is 238 g/mol. The highest BCUT2D eigenvalue weighted by atomic mass is 16.3. The van der Waals surface area contributed by atoms with Crippen LogP contribution in [0.5, 0.6) is 0 Å². The van der Waals surface area contributed by atoms with Gasteiger partial charge in [-0.15, -0.1) is 0 Å².